The maximum absolute atomic E-state index is 12.1. The van der Waals surface area contributed by atoms with Crippen LogP contribution in [0.3, 0.4) is 0 Å². The number of nitrogens with zero attached hydrogens (tertiary/aromatic N) is 1. The molecular formula is C20H23NO5. The van der Waals surface area contributed by atoms with E-state index in [1.807, 2.05) is 37.2 Å². The average Bonchev–Trinajstić information content (AvgIpc) is 2.60. The van der Waals surface area contributed by atoms with E-state index in [-0.39, 0.29) is 24.1 Å². The molecule has 6 nitrogen and oxygen atoms in total. The standard InChI is InChI=1S/C20H23NO5/c1-21(2)9-10-25-20-15(5-4-6-17(20)24-3)16-12-19(23)26-18-11-13(22)7-8-14(16)18/h4-8,11,16,22H,9-10,12H2,1-3H3. The summed E-state index contributed by atoms with van der Waals surface area (Å²) in [6.45, 7) is 1.26. The first-order valence-corrected chi connectivity index (χ1v) is 8.47. The largest absolute Gasteiger partial charge is 0.508 e. The van der Waals surface area contributed by atoms with Crippen LogP contribution in [0.5, 0.6) is 23.0 Å². The zero-order valence-corrected chi connectivity index (χ0v) is 15.2. The first-order chi connectivity index (χ1) is 12.5. The Hall–Kier alpha value is -2.73. The highest BCUT2D eigenvalue weighted by atomic mass is 16.5. The van der Waals surface area contributed by atoms with Crippen molar-refractivity contribution in [1.82, 2.24) is 4.90 Å². The summed E-state index contributed by atoms with van der Waals surface area (Å²) in [5.41, 5.74) is 1.71. The van der Waals surface area contributed by atoms with E-state index in [4.69, 9.17) is 14.2 Å². The predicted octanol–water partition coefficient (Wildman–Crippen LogP) is 2.78. The van der Waals surface area contributed by atoms with Crippen molar-refractivity contribution in [3.63, 3.8) is 0 Å². The molecule has 3 rings (SSSR count). The minimum atomic E-state index is -0.338. The number of carbonyl (C=O) groups excluding carboxylic acids is 1. The minimum Gasteiger partial charge on any atom is -0.508 e. The number of phenols is 1. The molecule has 0 spiro atoms. The quantitative estimate of drug-likeness (QED) is 0.633. The molecule has 0 saturated heterocycles. The molecule has 0 aliphatic carbocycles. The van der Waals surface area contributed by atoms with Crippen LogP contribution in [0.4, 0.5) is 0 Å². The molecule has 0 amide bonds. The average molecular weight is 357 g/mol. The molecule has 0 fully saturated rings. The molecule has 0 aromatic heterocycles. The SMILES string of the molecule is COc1cccc(C2CC(=O)Oc3cc(O)ccc32)c1OCCN(C)C. The summed E-state index contributed by atoms with van der Waals surface area (Å²) in [6.07, 6.45) is 0.203. The molecule has 2 aromatic carbocycles. The number of phenolic OH excluding ortho intramolecular Hbond substituents is 1. The van der Waals surface area contributed by atoms with Crippen LogP contribution >= 0.6 is 0 Å². The van der Waals surface area contributed by atoms with E-state index < -0.39 is 0 Å². The van der Waals surface area contributed by atoms with Crippen LogP contribution in [0.2, 0.25) is 0 Å². The second kappa shape index (κ2) is 7.66. The number of ether oxygens (including phenoxy) is 3. The Morgan fingerprint density at radius 3 is 2.77 bits per heavy atom. The van der Waals surface area contributed by atoms with Gasteiger partial charge in [0, 0.05) is 29.7 Å². The van der Waals surface area contributed by atoms with Gasteiger partial charge < -0.3 is 24.2 Å². The van der Waals surface area contributed by atoms with Crippen molar-refractivity contribution in [2.45, 2.75) is 12.3 Å². The van der Waals surface area contributed by atoms with Gasteiger partial charge in [-0.2, -0.15) is 0 Å². The van der Waals surface area contributed by atoms with Gasteiger partial charge in [0.25, 0.3) is 0 Å². The normalized spacial score (nSPS) is 16.2. The number of aromatic hydroxyl groups is 1. The van der Waals surface area contributed by atoms with Gasteiger partial charge >= 0.3 is 5.97 Å². The summed E-state index contributed by atoms with van der Waals surface area (Å²) in [4.78, 5) is 14.1. The van der Waals surface area contributed by atoms with Gasteiger partial charge in [-0.05, 0) is 26.2 Å². The van der Waals surface area contributed by atoms with Crippen molar-refractivity contribution in [3.8, 4) is 23.0 Å². The maximum atomic E-state index is 12.1. The Kier molecular flexibility index (Phi) is 5.32. The molecule has 1 unspecified atom stereocenters. The van der Waals surface area contributed by atoms with Crippen molar-refractivity contribution < 1.29 is 24.1 Å². The van der Waals surface area contributed by atoms with Gasteiger partial charge in [0.15, 0.2) is 11.5 Å². The number of para-hydroxylation sites is 1. The molecule has 1 N–H and O–H groups in total. The topological polar surface area (TPSA) is 68.2 Å². The molecule has 2 aromatic rings. The Labute approximate surface area is 152 Å². The van der Waals surface area contributed by atoms with Crippen LogP contribution in [-0.2, 0) is 4.79 Å². The van der Waals surface area contributed by atoms with Crippen LogP contribution in [0.25, 0.3) is 0 Å². The van der Waals surface area contributed by atoms with Gasteiger partial charge in [-0.15, -0.1) is 0 Å². The fourth-order valence-corrected chi connectivity index (χ4v) is 3.07. The molecule has 1 heterocycles. The van der Waals surface area contributed by atoms with E-state index in [9.17, 15) is 9.90 Å². The second-order valence-corrected chi connectivity index (χ2v) is 6.48. The number of carbonyl (C=O) groups is 1. The molecule has 0 radical (unpaired) electrons. The van der Waals surface area contributed by atoms with Gasteiger partial charge in [-0.3, -0.25) is 4.79 Å². The van der Waals surface area contributed by atoms with Crippen molar-refractivity contribution in [2.75, 3.05) is 34.4 Å². The molecule has 1 atom stereocenters. The van der Waals surface area contributed by atoms with E-state index in [1.54, 1.807) is 19.2 Å². The van der Waals surface area contributed by atoms with Gasteiger partial charge in [-0.25, -0.2) is 0 Å². The third-order valence-corrected chi connectivity index (χ3v) is 4.36. The number of hydrogen-bond donors (Lipinski definition) is 1. The van der Waals surface area contributed by atoms with Gasteiger partial charge in [-0.1, -0.05) is 18.2 Å². The highest BCUT2D eigenvalue weighted by Crippen LogP contribution is 2.45. The third kappa shape index (κ3) is 3.75. The summed E-state index contributed by atoms with van der Waals surface area (Å²) in [5.74, 6) is 1.14. The summed E-state index contributed by atoms with van der Waals surface area (Å²) < 4.78 is 16.8. The van der Waals surface area contributed by atoms with E-state index in [0.717, 1.165) is 17.7 Å². The Bertz CT molecular complexity index is 803. The van der Waals surface area contributed by atoms with Gasteiger partial charge in [0.2, 0.25) is 0 Å². The van der Waals surface area contributed by atoms with E-state index in [2.05, 4.69) is 0 Å². The van der Waals surface area contributed by atoms with Gasteiger partial charge in [0.05, 0.1) is 13.5 Å². The van der Waals surface area contributed by atoms with Crippen molar-refractivity contribution >= 4 is 5.97 Å². The smallest absolute Gasteiger partial charge is 0.312 e. The lowest BCUT2D eigenvalue weighted by Crippen LogP contribution is -2.23. The molecule has 1 aliphatic rings. The Morgan fingerprint density at radius 1 is 1.23 bits per heavy atom. The number of methoxy groups -OCH3 is 1. The number of likely N-dealkylation sites (N-methyl/N-ethyl adjacent to an activating group) is 1. The first-order valence-electron chi connectivity index (χ1n) is 8.47. The number of rotatable bonds is 6. The maximum Gasteiger partial charge on any atom is 0.312 e. The molecule has 26 heavy (non-hydrogen) atoms. The van der Waals surface area contributed by atoms with Crippen molar-refractivity contribution in [2.24, 2.45) is 0 Å². The van der Waals surface area contributed by atoms with Crippen LogP contribution in [0.15, 0.2) is 36.4 Å². The highest BCUT2D eigenvalue weighted by molar-refractivity contribution is 5.78. The predicted molar refractivity (Wildman–Crippen MR) is 97.2 cm³/mol. The van der Waals surface area contributed by atoms with Crippen LogP contribution < -0.4 is 14.2 Å². The van der Waals surface area contributed by atoms with Crippen LogP contribution in [-0.4, -0.2) is 50.3 Å². The first kappa shape index (κ1) is 18.1. The summed E-state index contributed by atoms with van der Waals surface area (Å²) in [6, 6.07) is 10.5. The molecule has 1 aliphatic heterocycles. The fourth-order valence-electron chi connectivity index (χ4n) is 3.07. The second-order valence-electron chi connectivity index (χ2n) is 6.48. The lowest BCUT2D eigenvalue weighted by Gasteiger charge is -2.27. The zero-order valence-electron chi connectivity index (χ0n) is 15.2. The molecule has 6 heteroatoms. The fraction of sp³-hybridized carbons (Fsp3) is 0.350. The van der Waals surface area contributed by atoms with Crippen molar-refractivity contribution in [1.29, 1.82) is 0 Å². The van der Waals surface area contributed by atoms with E-state index in [0.29, 0.717) is 23.9 Å². The molecule has 0 saturated carbocycles. The monoisotopic (exact) mass is 357 g/mol. The summed E-state index contributed by atoms with van der Waals surface area (Å²) in [5, 5.41) is 9.70. The minimum absolute atomic E-state index is 0.0605. The Balaban J connectivity index is 2.02. The van der Waals surface area contributed by atoms with Crippen LogP contribution in [0, 0.1) is 0 Å². The number of hydrogen-bond acceptors (Lipinski definition) is 6. The summed E-state index contributed by atoms with van der Waals surface area (Å²) in [7, 11) is 5.55. The van der Waals surface area contributed by atoms with Crippen LogP contribution in [0.1, 0.15) is 23.5 Å². The lowest BCUT2D eigenvalue weighted by molar-refractivity contribution is -0.135. The number of fused-ring (bicyclic) bond motifs is 1. The lowest BCUT2D eigenvalue weighted by atomic mass is 9.85. The zero-order chi connectivity index (χ0) is 18.7. The summed E-state index contributed by atoms with van der Waals surface area (Å²) >= 11 is 0. The molecular weight excluding hydrogens is 334 g/mol. The van der Waals surface area contributed by atoms with Crippen molar-refractivity contribution in [3.05, 3.63) is 47.5 Å². The van der Waals surface area contributed by atoms with Gasteiger partial charge in [0.1, 0.15) is 18.1 Å². The molecule has 0 bridgehead atoms. The number of benzene rings is 2. The third-order valence-electron chi connectivity index (χ3n) is 4.36. The van der Waals surface area contributed by atoms with E-state index >= 15 is 0 Å². The highest BCUT2D eigenvalue weighted by Gasteiger charge is 2.31. The molecule has 138 valence electrons. The Morgan fingerprint density at radius 2 is 2.04 bits per heavy atom. The number of esters is 1. The van der Waals surface area contributed by atoms with E-state index in [1.165, 1.54) is 6.07 Å².